The van der Waals surface area contributed by atoms with Crippen LogP contribution in [0.25, 0.3) is 0 Å². The fourth-order valence-corrected chi connectivity index (χ4v) is 3.36. The predicted molar refractivity (Wildman–Crippen MR) is 84.5 cm³/mol. The summed E-state index contributed by atoms with van der Waals surface area (Å²) < 4.78 is 29.1. The highest BCUT2D eigenvalue weighted by Crippen LogP contribution is 2.42. The maximum Gasteiger partial charge on any atom is 0.355 e. The van der Waals surface area contributed by atoms with Crippen molar-refractivity contribution in [1.82, 2.24) is 4.98 Å². The van der Waals surface area contributed by atoms with Gasteiger partial charge < -0.3 is 28.7 Å². The maximum atomic E-state index is 12.5. The lowest BCUT2D eigenvalue weighted by Crippen LogP contribution is -2.62. The number of aryl methyl sites for hydroxylation is 1. The lowest BCUT2D eigenvalue weighted by molar-refractivity contribution is -0.286. The molecule has 3 rings (SSSR count). The Morgan fingerprint density at radius 2 is 1.88 bits per heavy atom. The molecule has 0 unspecified atom stereocenters. The van der Waals surface area contributed by atoms with Gasteiger partial charge in [-0.25, -0.2) is 4.79 Å². The first-order chi connectivity index (χ1) is 11.1. The molecule has 0 aromatic carbocycles. The van der Waals surface area contributed by atoms with Crippen LogP contribution in [-0.2, 0) is 23.7 Å². The molecule has 4 atom stereocenters. The van der Waals surface area contributed by atoms with Crippen molar-refractivity contribution in [3.8, 4) is 0 Å². The summed E-state index contributed by atoms with van der Waals surface area (Å²) in [6, 6.07) is 3.51. The molecule has 0 spiro atoms. The quantitative estimate of drug-likeness (QED) is 0.850. The smallest absolute Gasteiger partial charge is 0.355 e. The van der Waals surface area contributed by atoms with Gasteiger partial charge in [0.15, 0.2) is 24.3 Å². The Balaban J connectivity index is 1.87. The normalized spacial score (nSPS) is 33.9. The maximum absolute atomic E-state index is 12.5. The van der Waals surface area contributed by atoms with Crippen molar-refractivity contribution < 1.29 is 28.5 Å². The third kappa shape index (κ3) is 3.09. The number of aromatic nitrogens is 1. The number of aromatic amines is 1. The second-order valence-electron chi connectivity index (χ2n) is 7.27. The summed E-state index contributed by atoms with van der Waals surface area (Å²) in [5.74, 6) is -1.28. The fraction of sp³-hybridized carbons (Fsp3) is 0.706. The van der Waals surface area contributed by atoms with Crippen molar-refractivity contribution in [3.05, 3.63) is 23.5 Å². The molecular formula is C17H25NO6. The zero-order valence-electron chi connectivity index (χ0n) is 14.9. The molecule has 3 heterocycles. The third-order valence-electron chi connectivity index (χ3n) is 4.36. The van der Waals surface area contributed by atoms with Crippen molar-refractivity contribution >= 4 is 5.97 Å². The number of fused-ring (bicyclic) bond motifs is 1. The van der Waals surface area contributed by atoms with E-state index >= 15 is 0 Å². The molecule has 0 bridgehead atoms. The van der Waals surface area contributed by atoms with Crippen LogP contribution in [0, 0.1) is 6.92 Å². The molecule has 2 aliphatic rings. The number of methoxy groups -OCH3 is 1. The summed E-state index contributed by atoms with van der Waals surface area (Å²) >= 11 is 0. The minimum absolute atomic E-state index is 0.390. The summed E-state index contributed by atoms with van der Waals surface area (Å²) in [4.78, 5) is 15.5. The fourth-order valence-electron chi connectivity index (χ4n) is 3.36. The van der Waals surface area contributed by atoms with Gasteiger partial charge in [-0.05, 0) is 46.8 Å². The van der Waals surface area contributed by atoms with E-state index in [1.807, 2.05) is 26.8 Å². The highest BCUT2D eigenvalue weighted by molar-refractivity contribution is 5.87. The van der Waals surface area contributed by atoms with Crippen molar-refractivity contribution in [1.29, 1.82) is 0 Å². The average molecular weight is 339 g/mol. The SMILES string of the molecule is CO[C@@H]1[C@@H](OC(=O)c2ccc(C)[nH]2)[C@H]2OC(C)(C)O[C@@H]2OC1(C)C. The van der Waals surface area contributed by atoms with E-state index in [1.54, 1.807) is 27.0 Å². The van der Waals surface area contributed by atoms with E-state index in [0.717, 1.165) is 5.69 Å². The number of hydrogen-bond donors (Lipinski definition) is 1. The third-order valence-corrected chi connectivity index (χ3v) is 4.36. The van der Waals surface area contributed by atoms with Crippen LogP contribution in [0.1, 0.15) is 43.9 Å². The molecule has 24 heavy (non-hydrogen) atoms. The van der Waals surface area contributed by atoms with E-state index in [-0.39, 0.29) is 0 Å². The Bertz CT molecular complexity index is 622. The second-order valence-corrected chi connectivity index (χ2v) is 7.27. The van der Waals surface area contributed by atoms with Gasteiger partial charge in [-0.1, -0.05) is 0 Å². The number of H-pyrrole nitrogens is 1. The first-order valence-corrected chi connectivity index (χ1v) is 8.06. The standard InChI is InChI=1S/C17H25NO6/c1-9-7-8-10(18-9)14(19)21-11-12-15(24-17(4,5)22-12)23-16(2,3)13(11)20-6/h7-8,11-13,15,18H,1-6H3/t11-,12+,13+,15-/m0/s1. The number of hydrogen-bond acceptors (Lipinski definition) is 6. The number of carbonyl (C=O) groups is 1. The van der Waals surface area contributed by atoms with Gasteiger partial charge in [-0.15, -0.1) is 0 Å². The van der Waals surface area contributed by atoms with E-state index in [1.165, 1.54) is 0 Å². The molecule has 7 heteroatoms. The Kier molecular flexibility index (Phi) is 4.24. The van der Waals surface area contributed by atoms with E-state index in [4.69, 9.17) is 23.7 Å². The van der Waals surface area contributed by atoms with E-state index in [9.17, 15) is 4.79 Å². The summed E-state index contributed by atoms with van der Waals surface area (Å²) in [5.41, 5.74) is 0.578. The average Bonchev–Trinajstić information content (AvgIpc) is 3.00. The monoisotopic (exact) mass is 339 g/mol. The molecule has 2 aliphatic heterocycles. The van der Waals surface area contributed by atoms with Crippen molar-refractivity contribution in [3.63, 3.8) is 0 Å². The van der Waals surface area contributed by atoms with E-state index in [0.29, 0.717) is 5.69 Å². The van der Waals surface area contributed by atoms with Crippen LogP contribution < -0.4 is 0 Å². The highest BCUT2D eigenvalue weighted by atomic mass is 16.8. The second kappa shape index (κ2) is 5.84. The van der Waals surface area contributed by atoms with Gasteiger partial charge >= 0.3 is 5.97 Å². The van der Waals surface area contributed by atoms with Crippen molar-refractivity contribution in [2.24, 2.45) is 0 Å². The van der Waals surface area contributed by atoms with Gasteiger partial charge in [0.25, 0.3) is 0 Å². The molecule has 1 N–H and O–H groups in total. The van der Waals surface area contributed by atoms with Crippen LogP contribution in [0.5, 0.6) is 0 Å². The Morgan fingerprint density at radius 1 is 1.17 bits per heavy atom. The Labute approximate surface area is 141 Å². The van der Waals surface area contributed by atoms with Crippen molar-refractivity contribution in [2.75, 3.05) is 7.11 Å². The van der Waals surface area contributed by atoms with Gasteiger partial charge in [0.2, 0.25) is 0 Å². The first-order valence-electron chi connectivity index (χ1n) is 8.06. The molecule has 134 valence electrons. The zero-order valence-corrected chi connectivity index (χ0v) is 14.9. The lowest BCUT2D eigenvalue weighted by atomic mass is 9.89. The molecule has 2 fully saturated rings. The number of rotatable bonds is 3. The molecule has 2 saturated heterocycles. The lowest BCUT2D eigenvalue weighted by Gasteiger charge is -2.46. The summed E-state index contributed by atoms with van der Waals surface area (Å²) in [7, 11) is 1.57. The Morgan fingerprint density at radius 3 is 2.46 bits per heavy atom. The molecule has 0 aliphatic carbocycles. The first kappa shape index (κ1) is 17.4. The van der Waals surface area contributed by atoms with Gasteiger partial charge in [-0.2, -0.15) is 0 Å². The van der Waals surface area contributed by atoms with E-state index < -0.39 is 42.0 Å². The number of ether oxygens (including phenoxy) is 5. The van der Waals surface area contributed by atoms with Gasteiger partial charge in [0, 0.05) is 12.8 Å². The van der Waals surface area contributed by atoms with Crippen LogP contribution in [0.15, 0.2) is 12.1 Å². The van der Waals surface area contributed by atoms with Crippen LogP contribution >= 0.6 is 0 Å². The summed E-state index contributed by atoms with van der Waals surface area (Å²) in [6.45, 7) is 9.24. The highest BCUT2D eigenvalue weighted by Gasteiger charge is 2.59. The molecule has 1 aromatic heterocycles. The van der Waals surface area contributed by atoms with Gasteiger partial charge in [-0.3, -0.25) is 0 Å². The van der Waals surface area contributed by atoms with Crippen LogP contribution in [0.3, 0.4) is 0 Å². The van der Waals surface area contributed by atoms with Crippen LogP contribution in [-0.4, -0.2) is 54.1 Å². The summed E-state index contributed by atoms with van der Waals surface area (Å²) in [6.07, 6.45) is -2.32. The van der Waals surface area contributed by atoms with Crippen LogP contribution in [0.4, 0.5) is 0 Å². The van der Waals surface area contributed by atoms with Gasteiger partial charge in [0.05, 0.1) is 5.60 Å². The van der Waals surface area contributed by atoms with E-state index in [2.05, 4.69) is 4.98 Å². The zero-order chi connectivity index (χ0) is 17.7. The number of nitrogens with one attached hydrogen (secondary N) is 1. The minimum atomic E-state index is -0.818. The predicted octanol–water partition coefficient (Wildman–Crippen LogP) is 2.15. The Hall–Kier alpha value is -1.41. The number of carbonyl (C=O) groups excluding carboxylic acids is 1. The molecule has 1 aromatic rings. The molecule has 0 amide bonds. The van der Waals surface area contributed by atoms with Crippen LogP contribution in [0.2, 0.25) is 0 Å². The molecule has 0 saturated carbocycles. The molecule has 0 radical (unpaired) electrons. The topological polar surface area (TPSA) is 79.0 Å². The largest absolute Gasteiger partial charge is 0.452 e. The molecular weight excluding hydrogens is 314 g/mol. The molecule has 7 nitrogen and oxygen atoms in total. The van der Waals surface area contributed by atoms with Crippen molar-refractivity contribution in [2.45, 2.75) is 70.6 Å². The van der Waals surface area contributed by atoms with Gasteiger partial charge in [0.1, 0.15) is 11.8 Å². The summed E-state index contributed by atoms with van der Waals surface area (Å²) in [5, 5.41) is 0. The number of esters is 1. The minimum Gasteiger partial charge on any atom is -0.452 e.